The Morgan fingerprint density at radius 3 is 2.25 bits per heavy atom. The van der Waals surface area contributed by atoms with Crippen LogP contribution in [0, 0.1) is 19.4 Å². The van der Waals surface area contributed by atoms with E-state index in [9.17, 15) is 24.0 Å². The third-order valence-electron chi connectivity index (χ3n) is 4.60. The molecule has 11 nitrogen and oxygen atoms in total. The maximum absolute atomic E-state index is 13.4. The number of esters is 1. The summed E-state index contributed by atoms with van der Waals surface area (Å²) in [6.07, 6.45) is 4.00. The Hall–Kier alpha value is -4.07. The average molecular weight is 503 g/mol. The van der Waals surface area contributed by atoms with E-state index in [2.05, 4.69) is 16.7 Å². The summed E-state index contributed by atoms with van der Waals surface area (Å²) in [5, 5.41) is 4.88. The van der Waals surface area contributed by atoms with E-state index in [1.807, 2.05) is 6.92 Å². The second-order valence-corrected chi connectivity index (χ2v) is 8.87. The van der Waals surface area contributed by atoms with Gasteiger partial charge in [0.05, 0.1) is 19.4 Å². The van der Waals surface area contributed by atoms with Gasteiger partial charge in [-0.25, -0.2) is 4.79 Å². The van der Waals surface area contributed by atoms with E-state index in [0.717, 1.165) is 10.5 Å². The standard InChI is InChI=1S/C25H34N4O7/c1-7-29(23(33)18(15-19(26)30)28-24(34)36-25(4,5)6)21(17-11-9-16(3)10-12-17)22(32)27-14-13-20(31)35-8-2/h1,9-12,18,21H,8,13-15H2,2-6H3,(H2,26,30)(H,27,32)(H,28,34). The van der Waals surface area contributed by atoms with Crippen molar-refractivity contribution in [1.82, 2.24) is 15.5 Å². The molecule has 0 radical (unpaired) electrons. The highest BCUT2D eigenvalue weighted by atomic mass is 16.6. The van der Waals surface area contributed by atoms with Crippen molar-refractivity contribution in [3.63, 3.8) is 0 Å². The molecular formula is C25H34N4O7. The van der Waals surface area contributed by atoms with Gasteiger partial charge in [-0.1, -0.05) is 36.3 Å². The molecule has 1 rings (SSSR count). The first-order valence-electron chi connectivity index (χ1n) is 11.4. The van der Waals surface area contributed by atoms with Crippen molar-refractivity contribution >= 4 is 29.8 Å². The molecule has 11 heteroatoms. The molecule has 0 aliphatic rings. The van der Waals surface area contributed by atoms with Gasteiger partial charge in [0.2, 0.25) is 11.8 Å². The fourth-order valence-corrected chi connectivity index (χ4v) is 3.07. The molecule has 196 valence electrons. The predicted octanol–water partition coefficient (Wildman–Crippen LogP) is 1.29. The summed E-state index contributed by atoms with van der Waals surface area (Å²) in [5.41, 5.74) is 5.68. The highest BCUT2D eigenvalue weighted by molar-refractivity contribution is 5.95. The Balaban J connectivity index is 3.27. The van der Waals surface area contributed by atoms with E-state index in [0.29, 0.717) is 5.56 Å². The molecule has 0 aliphatic carbocycles. The number of nitrogens with one attached hydrogen (secondary N) is 2. The molecule has 1 aromatic rings. The molecule has 1 aromatic carbocycles. The Kier molecular flexibility index (Phi) is 11.4. The zero-order chi connectivity index (χ0) is 27.5. The Bertz CT molecular complexity index is 993. The lowest BCUT2D eigenvalue weighted by Gasteiger charge is -2.30. The Labute approximate surface area is 211 Å². The minimum absolute atomic E-state index is 0.0620. The molecule has 0 saturated heterocycles. The van der Waals surface area contributed by atoms with Gasteiger partial charge in [-0.05, 0) is 40.2 Å². The summed E-state index contributed by atoms with van der Waals surface area (Å²) in [4.78, 5) is 62.9. The number of terminal acetylenes is 1. The van der Waals surface area contributed by atoms with Gasteiger partial charge in [0.15, 0.2) is 0 Å². The van der Waals surface area contributed by atoms with Crippen molar-refractivity contribution < 1.29 is 33.4 Å². The second kappa shape index (κ2) is 13.7. The van der Waals surface area contributed by atoms with E-state index in [4.69, 9.17) is 21.6 Å². The van der Waals surface area contributed by atoms with Crippen molar-refractivity contribution in [3.05, 3.63) is 35.4 Å². The number of nitrogens with two attached hydrogens (primary N) is 1. The van der Waals surface area contributed by atoms with Crippen molar-refractivity contribution in [3.8, 4) is 12.5 Å². The van der Waals surface area contributed by atoms with Crippen molar-refractivity contribution in [2.24, 2.45) is 5.73 Å². The highest BCUT2D eigenvalue weighted by Crippen LogP contribution is 2.23. The third kappa shape index (κ3) is 10.0. The summed E-state index contributed by atoms with van der Waals surface area (Å²) in [6.45, 7) is 8.51. The lowest BCUT2D eigenvalue weighted by molar-refractivity contribution is -0.143. The maximum Gasteiger partial charge on any atom is 0.408 e. The van der Waals surface area contributed by atoms with Crippen molar-refractivity contribution in [2.45, 2.75) is 65.1 Å². The molecule has 4 amide bonds. The zero-order valence-corrected chi connectivity index (χ0v) is 21.3. The summed E-state index contributed by atoms with van der Waals surface area (Å²) in [6, 6.07) is 6.05. The van der Waals surface area contributed by atoms with E-state index in [-0.39, 0.29) is 19.6 Å². The number of benzene rings is 1. The molecular weight excluding hydrogens is 468 g/mol. The average Bonchev–Trinajstić information content (AvgIpc) is 2.75. The van der Waals surface area contributed by atoms with Gasteiger partial charge in [0, 0.05) is 12.6 Å². The van der Waals surface area contributed by atoms with Crippen LogP contribution in [-0.2, 0) is 28.7 Å². The van der Waals surface area contributed by atoms with Crippen molar-refractivity contribution in [2.75, 3.05) is 13.2 Å². The predicted molar refractivity (Wildman–Crippen MR) is 131 cm³/mol. The van der Waals surface area contributed by atoms with Crippen LogP contribution < -0.4 is 16.4 Å². The molecule has 4 N–H and O–H groups in total. The summed E-state index contributed by atoms with van der Waals surface area (Å²) in [5.74, 6) is -2.98. The van der Waals surface area contributed by atoms with E-state index in [1.54, 1.807) is 52.0 Å². The van der Waals surface area contributed by atoms with Gasteiger partial charge in [0.25, 0.3) is 5.91 Å². The maximum atomic E-state index is 13.4. The van der Waals surface area contributed by atoms with Crippen LogP contribution in [-0.4, -0.2) is 59.5 Å². The molecule has 2 unspecified atom stereocenters. The number of hydrogen-bond acceptors (Lipinski definition) is 7. The number of primary amides is 1. The normalized spacial score (nSPS) is 12.3. The summed E-state index contributed by atoms with van der Waals surface area (Å²) >= 11 is 0. The molecule has 0 saturated carbocycles. The van der Waals surface area contributed by atoms with Gasteiger partial charge >= 0.3 is 12.1 Å². The third-order valence-corrected chi connectivity index (χ3v) is 4.60. The van der Waals surface area contributed by atoms with Crippen LogP contribution in [0.3, 0.4) is 0 Å². The summed E-state index contributed by atoms with van der Waals surface area (Å²) < 4.78 is 10.0. The number of alkyl carbamates (subject to hydrolysis) is 1. The number of carbonyl (C=O) groups is 5. The number of hydrogen-bond donors (Lipinski definition) is 3. The number of rotatable bonds is 11. The SMILES string of the molecule is C#CN(C(=O)C(CC(N)=O)NC(=O)OC(C)(C)C)C(C(=O)NCCC(=O)OCC)c1ccc(C)cc1. The number of ether oxygens (including phenoxy) is 2. The van der Waals surface area contributed by atoms with Crippen molar-refractivity contribution in [1.29, 1.82) is 0 Å². The molecule has 0 aliphatic heterocycles. The Morgan fingerprint density at radius 1 is 1.14 bits per heavy atom. The summed E-state index contributed by atoms with van der Waals surface area (Å²) in [7, 11) is 0. The van der Waals surface area contributed by atoms with E-state index in [1.165, 1.54) is 0 Å². The fraction of sp³-hybridized carbons (Fsp3) is 0.480. The van der Waals surface area contributed by atoms with Crippen LogP contribution in [0.1, 0.15) is 57.7 Å². The first kappa shape index (κ1) is 30.0. The van der Waals surface area contributed by atoms with Crippen LogP contribution in [0.2, 0.25) is 0 Å². The molecule has 36 heavy (non-hydrogen) atoms. The number of carbonyl (C=O) groups excluding carboxylic acids is 5. The minimum atomic E-state index is -1.49. The zero-order valence-electron chi connectivity index (χ0n) is 21.3. The van der Waals surface area contributed by atoms with Crippen LogP contribution in [0.15, 0.2) is 24.3 Å². The minimum Gasteiger partial charge on any atom is -0.466 e. The first-order valence-corrected chi connectivity index (χ1v) is 11.4. The highest BCUT2D eigenvalue weighted by Gasteiger charge is 2.36. The number of amides is 4. The fourth-order valence-electron chi connectivity index (χ4n) is 3.07. The van der Waals surface area contributed by atoms with Gasteiger partial charge in [-0.15, -0.1) is 0 Å². The monoisotopic (exact) mass is 502 g/mol. The second-order valence-electron chi connectivity index (χ2n) is 8.87. The van der Waals surface area contributed by atoms with Gasteiger partial charge in [-0.3, -0.25) is 24.1 Å². The number of nitrogens with zero attached hydrogens (tertiary/aromatic N) is 1. The molecule has 2 atom stereocenters. The van der Waals surface area contributed by atoms with Gasteiger partial charge < -0.3 is 25.8 Å². The van der Waals surface area contributed by atoms with Crippen LogP contribution >= 0.6 is 0 Å². The lowest BCUT2D eigenvalue weighted by atomic mass is 10.0. The lowest BCUT2D eigenvalue weighted by Crippen LogP contribution is -2.52. The van der Waals surface area contributed by atoms with Gasteiger partial charge in [-0.2, -0.15) is 0 Å². The van der Waals surface area contributed by atoms with E-state index >= 15 is 0 Å². The number of aryl methyl sites for hydroxylation is 1. The molecule has 0 fully saturated rings. The van der Waals surface area contributed by atoms with Crippen LogP contribution in [0.4, 0.5) is 4.79 Å². The molecule has 0 aromatic heterocycles. The van der Waals surface area contributed by atoms with Crippen LogP contribution in [0.25, 0.3) is 0 Å². The van der Waals surface area contributed by atoms with Crippen LogP contribution in [0.5, 0.6) is 0 Å². The van der Waals surface area contributed by atoms with Gasteiger partial charge in [0.1, 0.15) is 17.7 Å². The molecule has 0 bridgehead atoms. The first-order chi connectivity index (χ1) is 16.8. The molecule has 0 spiro atoms. The topological polar surface area (TPSA) is 157 Å². The molecule has 0 heterocycles. The van der Waals surface area contributed by atoms with E-state index < -0.39 is 53.9 Å². The quantitative estimate of drug-likeness (QED) is 0.234. The smallest absolute Gasteiger partial charge is 0.408 e. The largest absolute Gasteiger partial charge is 0.466 e. The Morgan fingerprint density at radius 2 is 1.75 bits per heavy atom.